The molecule has 0 atom stereocenters. The van der Waals surface area contributed by atoms with Crippen molar-refractivity contribution in [2.45, 2.75) is 25.8 Å². The summed E-state index contributed by atoms with van der Waals surface area (Å²) in [5.74, 6) is 0. The summed E-state index contributed by atoms with van der Waals surface area (Å²) in [7, 11) is -1.39. The van der Waals surface area contributed by atoms with E-state index in [0.29, 0.717) is 10.1 Å². The summed E-state index contributed by atoms with van der Waals surface area (Å²) in [6, 6.07) is 18.7. The molecule has 29 heavy (non-hydrogen) atoms. The van der Waals surface area contributed by atoms with Crippen LogP contribution < -0.4 is 8.30 Å². The van der Waals surface area contributed by atoms with Crippen LogP contribution in [0.2, 0.25) is 19.6 Å². The van der Waals surface area contributed by atoms with Crippen LogP contribution in [-0.4, -0.2) is 8.07 Å². The van der Waals surface area contributed by atoms with Crippen LogP contribution in [0.5, 0.6) is 0 Å². The fourth-order valence-corrected chi connectivity index (χ4v) is 6.81. The number of anilines is 2. The topological polar surface area (TPSA) is 3.24 Å². The van der Waals surface area contributed by atoms with Gasteiger partial charge in [-0.15, -0.1) is 11.3 Å². The van der Waals surface area contributed by atoms with Gasteiger partial charge in [0.2, 0.25) is 0 Å². The molecule has 0 aliphatic heterocycles. The van der Waals surface area contributed by atoms with E-state index in [9.17, 15) is 13.2 Å². The molecule has 4 rings (SSSR count). The van der Waals surface area contributed by atoms with Gasteiger partial charge in [0.25, 0.3) is 0 Å². The molecule has 0 saturated carbocycles. The lowest BCUT2D eigenvalue weighted by Gasteiger charge is -2.21. The number of benzene rings is 3. The van der Waals surface area contributed by atoms with E-state index in [1.807, 2.05) is 21.3 Å². The Hall–Kier alpha value is -1.58. The highest BCUT2D eigenvalue weighted by atomic mass is 127. The monoisotopic (exact) mass is 541 g/mol. The Bertz CT molecular complexity index is 1190. The predicted octanol–water partition coefficient (Wildman–Crippen LogP) is 8.11. The van der Waals surface area contributed by atoms with Gasteiger partial charge in [0.1, 0.15) is 0 Å². The third kappa shape index (κ3) is 3.80. The molecule has 0 radical (unpaired) electrons. The third-order valence-electron chi connectivity index (χ3n) is 4.98. The number of hydrogen-bond acceptors (Lipinski definition) is 2. The molecule has 0 amide bonds. The summed E-state index contributed by atoms with van der Waals surface area (Å²) >= 11 is 3.45. The van der Waals surface area contributed by atoms with Gasteiger partial charge in [-0.05, 0) is 24.3 Å². The second kappa shape index (κ2) is 7.28. The summed E-state index contributed by atoms with van der Waals surface area (Å²) in [5, 5.41) is 2.88. The maximum absolute atomic E-state index is 13.5. The van der Waals surface area contributed by atoms with Crippen LogP contribution in [0.25, 0.3) is 20.2 Å². The van der Waals surface area contributed by atoms with Crippen molar-refractivity contribution in [3.05, 3.63) is 66.2 Å². The lowest BCUT2D eigenvalue weighted by Crippen LogP contribution is -2.37. The van der Waals surface area contributed by atoms with E-state index in [1.165, 1.54) is 22.6 Å². The molecule has 150 valence electrons. The fraction of sp³-hybridized carbons (Fsp3) is 0.182. The number of fused-ring (bicyclic) bond motifs is 3. The van der Waals surface area contributed by atoms with E-state index in [4.69, 9.17) is 0 Å². The van der Waals surface area contributed by atoms with Gasteiger partial charge in [-0.3, -0.25) is 3.11 Å². The molecule has 1 aromatic heterocycles. The molecule has 0 fully saturated rings. The Morgan fingerprint density at radius 1 is 0.828 bits per heavy atom. The summed E-state index contributed by atoms with van der Waals surface area (Å²) in [4.78, 5) is 0. The SMILES string of the molecule is C[Si](C)(C)c1ccc(N(I)c2cccc3c2sc2c(C(F)(F)F)cccc23)cc1. The molecule has 1 nitrogen and oxygen atoms in total. The van der Waals surface area contributed by atoms with Crippen molar-refractivity contribution in [2.24, 2.45) is 0 Å². The second-order valence-electron chi connectivity index (χ2n) is 8.01. The Morgan fingerprint density at radius 2 is 1.41 bits per heavy atom. The minimum absolute atomic E-state index is 0.293. The van der Waals surface area contributed by atoms with Crippen LogP contribution in [-0.2, 0) is 6.18 Å². The van der Waals surface area contributed by atoms with Crippen LogP contribution in [0.15, 0.2) is 60.7 Å². The van der Waals surface area contributed by atoms with Gasteiger partial charge in [-0.25, -0.2) is 0 Å². The molecule has 3 aromatic carbocycles. The lowest BCUT2D eigenvalue weighted by atomic mass is 10.1. The largest absolute Gasteiger partial charge is 0.417 e. The molecule has 4 aromatic rings. The first kappa shape index (κ1) is 20.7. The normalized spacial score (nSPS) is 12.7. The van der Waals surface area contributed by atoms with Gasteiger partial charge in [0.15, 0.2) is 0 Å². The zero-order chi connectivity index (χ0) is 21.0. The van der Waals surface area contributed by atoms with E-state index < -0.39 is 19.8 Å². The van der Waals surface area contributed by atoms with Crippen molar-refractivity contribution in [3.8, 4) is 0 Å². The zero-order valence-electron chi connectivity index (χ0n) is 16.1. The van der Waals surface area contributed by atoms with Crippen LogP contribution in [0.1, 0.15) is 5.56 Å². The highest BCUT2D eigenvalue weighted by molar-refractivity contribution is 14.1. The Labute approximate surface area is 186 Å². The number of rotatable bonds is 3. The van der Waals surface area contributed by atoms with E-state index in [-0.39, 0.29) is 0 Å². The standard InChI is InChI=1S/C22H19F3INSSi/c1-29(2,3)15-12-10-14(11-13-15)27(26)19-9-5-7-17-16-6-4-8-18(22(23,24)25)20(16)28-21(17)19/h4-13H,1-3H3. The molecule has 0 spiro atoms. The number of hydrogen-bond donors (Lipinski definition) is 0. The molecule has 0 bridgehead atoms. The van der Waals surface area contributed by atoms with Crippen LogP contribution >= 0.6 is 34.2 Å². The van der Waals surface area contributed by atoms with Gasteiger partial charge in [-0.1, -0.05) is 61.2 Å². The van der Waals surface area contributed by atoms with Crippen molar-refractivity contribution in [3.63, 3.8) is 0 Å². The first-order valence-corrected chi connectivity index (χ1v) is 14.4. The van der Waals surface area contributed by atoms with Gasteiger partial charge >= 0.3 is 6.18 Å². The predicted molar refractivity (Wildman–Crippen MR) is 130 cm³/mol. The van der Waals surface area contributed by atoms with E-state index in [2.05, 4.69) is 66.8 Å². The van der Waals surface area contributed by atoms with Gasteiger partial charge in [0.05, 0.1) is 52.6 Å². The molecule has 0 aliphatic carbocycles. The lowest BCUT2D eigenvalue weighted by molar-refractivity contribution is -0.136. The average Bonchev–Trinajstić information content (AvgIpc) is 3.04. The number of nitrogens with zero attached hydrogens (tertiary/aromatic N) is 1. The van der Waals surface area contributed by atoms with Crippen molar-refractivity contribution in [1.29, 1.82) is 0 Å². The molecular weight excluding hydrogens is 522 g/mol. The Kier molecular flexibility index (Phi) is 5.19. The molecule has 0 aliphatic rings. The Morgan fingerprint density at radius 3 is 2.00 bits per heavy atom. The van der Waals surface area contributed by atoms with E-state index in [1.54, 1.807) is 6.07 Å². The minimum atomic E-state index is -4.36. The van der Waals surface area contributed by atoms with Gasteiger partial charge in [-0.2, -0.15) is 13.2 Å². The van der Waals surface area contributed by atoms with Crippen LogP contribution in [0.4, 0.5) is 24.5 Å². The van der Waals surface area contributed by atoms with Crippen molar-refractivity contribution in [1.82, 2.24) is 0 Å². The average molecular weight is 541 g/mol. The van der Waals surface area contributed by atoms with Gasteiger partial charge in [0, 0.05) is 15.5 Å². The van der Waals surface area contributed by atoms with Gasteiger partial charge < -0.3 is 0 Å². The molecule has 0 unspecified atom stereocenters. The summed E-state index contributed by atoms with van der Waals surface area (Å²) in [6.07, 6.45) is -4.36. The molecular formula is C22H19F3INSSi. The third-order valence-corrected chi connectivity index (χ3v) is 9.40. The fourth-order valence-electron chi connectivity index (χ4n) is 3.41. The smallest absolute Gasteiger partial charge is 0.282 e. The summed E-state index contributed by atoms with van der Waals surface area (Å²) in [6.45, 7) is 6.92. The number of thiophene rings is 1. The minimum Gasteiger partial charge on any atom is -0.282 e. The summed E-state index contributed by atoms with van der Waals surface area (Å²) in [5.41, 5.74) is 1.34. The highest BCUT2D eigenvalue weighted by Crippen LogP contribution is 2.46. The first-order chi connectivity index (χ1) is 13.6. The molecule has 7 heteroatoms. The quantitative estimate of drug-likeness (QED) is 0.144. The van der Waals surface area contributed by atoms with E-state index in [0.717, 1.165) is 27.5 Å². The maximum atomic E-state index is 13.5. The molecule has 0 saturated heterocycles. The number of halogens is 4. The van der Waals surface area contributed by atoms with Crippen molar-refractivity contribution >= 4 is 79.0 Å². The Balaban J connectivity index is 1.86. The van der Waals surface area contributed by atoms with Crippen LogP contribution in [0, 0.1) is 0 Å². The zero-order valence-corrected chi connectivity index (χ0v) is 20.1. The molecule has 1 heterocycles. The van der Waals surface area contributed by atoms with Crippen LogP contribution in [0.3, 0.4) is 0 Å². The molecule has 0 N–H and O–H groups in total. The van der Waals surface area contributed by atoms with Crippen molar-refractivity contribution in [2.75, 3.05) is 3.11 Å². The maximum Gasteiger partial charge on any atom is 0.417 e. The highest BCUT2D eigenvalue weighted by Gasteiger charge is 2.33. The summed E-state index contributed by atoms with van der Waals surface area (Å²) < 4.78 is 43.7. The van der Waals surface area contributed by atoms with E-state index >= 15 is 0 Å². The number of alkyl halides is 3. The van der Waals surface area contributed by atoms with Crippen molar-refractivity contribution < 1.29 is 13.2 Å². The second-order valence-corrected chi connectivity index (χ2v) is 15.1. The first-order valence-electron chi connectivity index (χ1n) is 9.15.